The number of primary amides is 1. The second-order valence-electron chi connectivity index (χ2n) is 2.54. The number of nitrogens with two attached hydrogens (primary N) is 2. The molecule has 0 saturated carbocycles. The van der Waals surface area contributed by atoms with E-state index in [-0.39, 0.29) is 5.91 Å². The zero-order chi connectivity index (χ0) is 8.97. The fourth-order valence-corrected chi connectivity index (χ4v) is 0.913. The molecule has 12 heavy (non-hydrogen) atoms. The monoisotopic (exact) mass is 168 g/mol. The van der Waals surface area contributed by atoms with Crippen molar-refractivity contribution in [2.45, 2.75) is 19.4 Å². The third-order valence-electron chi connectivity index (χ3n) is 1.54. The molecule has 0 aliphatic heterocycles. The van der Waals surface area contributed by atoms with Gasteiger partial charge in [0.1, 0.15) is 11.5 Å². The van der Waals surface area contributed by atoms with E-state index in [4.69, 9.17) is 15.9 Å². The van der Waals surface area contributed by atoms with Gasteiger partial charge in [-0.1, -0.05) is 0 Å². The first kappa shape index (κ1) is 8.80. The number of hydrogen-bond acceptors (Lipinski definition) is 3. The van der Waals surface area contributed by atoms with Gasteiger partial charge >= 0.3 is 0 Å². The SMILES string of the molecule is NCc1ccc(CCC(N)=O)o1. The summed E-state index contributed by atoms with van der Waals surface area (Å²) >= 11 is 0. The number of carbonyl (C=O) groups excluding carboxylic acids is 1. The molecular formula is C8H12N2O2. The van der Waals surface area contributed by atoms with Crippen molar-refractivity contribution in [2.24, 2.45) is 11.5 Å². The van der Waals surface area contributed by atoms with Crippen molar-refractivity contribution in [3.8, 4) is 0 Å². The van der Waals surface area contributed by atoms with E-state index in [1.54, 1.807) is 6.07 Å². The molecule has 1 amide bonds. The third-order valence-corrected chi connectivity index (χ3v) is 1.54. The number of aryl methyl sites for hydroxylation is 1. The summed E-state index contributed by atoms with van der Waals surface area (Å²) in [5, 5.41) is 0. The Bertz CT molecular complexity index is 268. The first-order valence-corrected chi connectivity index (χ1v) is 3.78. The molecule has 0 aliphatic rings. The van der Waals surface area contributed by atoms with Gasteiger partial charge in [0.05, 0.1) is 6.54 Å². The maximum absolute atomic E-state index is 10.4. The molecule has 1 aromatic rings. The highest BCUT2D eigenvalue weighted by molar-refractivity contribution is 5.73. The fourth-order valence-electron chi connectivity index (χ4n) is 0.913. The smallest absolute Gasteiger partial charge is 0.217 e. The van der Waals surface area contributed by atoms with Gasteiger partial charge in [-0.2, -0.15) is 0 Å². The molecule has 4 nitrogen and oxygen atoms in total. The minimum absolute atomic E-state index is 0.317. The Morgan fingerprint density at radius 3 is 2.58 bits per heavy atom. The van der Waals surface area contributed by atoms with Crippen molar-refractivity contribution in [3.63, 3.8) is 0 Å². The fraction of sp³-hybridized carbons (Fsp3) is 0.375. The van der Waals surface area contributed by atoms with Gasteiger partial charge in [-0.3, -0.25) is 4.79 Å². The van der Waals surface area contributed by atoms with Gasteiger partial charge in [0.15, 0.2) is 0 Å². The minimum Gasteiger partial charge on any atom is -0.465 e. The van der Waals surface area contributed by atoms with Gasteiger partial charge in [-0.15, -0.1) is 0 Å². The van der Waals surface area contributed by atoms with Crippen molar-refractivity contribution < 1.29 is 9.21 Å². The molecule has 0 aromatic carbocycles. The van der Waals surface area contributed by atoms with E-state index in [1.807, 2.05) is 6.07 Å². The highest BCUT2D eigenvalue weighted by Gasteiger charge is 2.01. The lowest BCUT2D eigenvalue weighted by atomic mass is 10.2. The van der Waals surface area contributed by atoms with E-state index >= 15 is 0 Å². The van der Waals surface area contributed by atoms with Crippen LogP contribution in [-0.2, 0) is 17.8 Å². The van der Waals surface area contributed by atoms with E-state index in [1.165, 1.54) is 0 Å². The molecule has 0 aliphatic carbocycles. The zero-order valence-electron chi connectivity index (χ0n) is 6.75. The van der Waals surface area contributed by atoms with Crippen LogP contribution in [0.5, 0.6) is 0 Å². The number of furan rings is 1. The van der Waals surface area contributed by atoms with Gasteiger partial charge in [-0.25, -0.2) is 0 Å². The zero-order valence-corrected chi connectivity index (χ0v) is 6.75. The van der Waals surface area contributed by atoms with Crippen LogP contribution in [-0.4, -0.2) is 5.91 Å². The summed E-state index contributed by atoms with van der Waals surface area (Å²) in [6.45, 7) is 0.385. The number of amides is 1. The molecule has 0 bridgehead atoms. The van der Waals surface area contributed by atoms with E-state index in [0.717, 1.165) is 11.5 Å². The van der Waals surface area contributed by atoms with Crippen LogP contribution in [0.4, 0.5) is 0 Å². The molecule has 0 atom stereocenters. The lowest BCUT2D eigenvalue weighted by Gasteiger charge is -1.92. The van der Waals surface area contributed by atoms with E-state index in [9.17, 15) is 4.79 Å². The topological polar surface area (TPSA) is 82.2 Å². The molecule has 66 valence electrons. The largest absolute Gasteiger partial charge is 0.465 e. The Kier molecular flexibility index (Phi) is 2.88. The molecule has 0 unspecified atom stereocenters. The number of rotatable bonds is 4. The third kappa shape index (κ3) is 2.39. The van der Waals surface area contributed by atoms with Crippen LogP contribution in [0.1, 0.15) is 17.9 Å². The van der Waals surface area contributed by atoms with Crippen molar-refractivity contribution in [3.05, 3.63) is 23.7 Å². The molecule has 0 radical (unpaired) electrons. The van der Waals surface area contributed by atoms with Crippen LogP contribution in [0.15, 0.2) is 16.5 Å². The van der Waals surface area contributed by atoms with Crippen LogP contribution in [0.2, 0.25) is 0 Å². The Balaban J connectivity index is 2.47. The first-order valence-electron chi connectivity index (χ1n) is 3.78. The van der Waals surface area contributed by atoms with Crippen molar-refractivity contribution in [1.82, 2.24) is 0 Å². The average Bonchev–Trinajstić information content (AvgIpc) is 2.48. The van der Waals surface area contributed by atoms with Crippen molar-refractivity contribution in [1.29, 1.82) is 0 Å². The summed E-state index contributed by atoms with van der Waals surface area (Å²) in [6, 6.07) is 3.61. The van der Waals surface area contributed by atoms with E-state index in [2.05, 4.69) is 0 Å². The second kappa shape index (κ2) is 3.92. The molecule has 0 saturated heterocycles. The number of hydrogen-bond donors (Lipinski definition) is 2. The minimum atomic E-state index is -0.319. The summed E-state index contributed by atoms with van der Waals surface area (Å²) in [4.78, 5) is 10.4. The maximum atomic E-state index is 10.4. The lowest BCUT2D eigenvalue weighted by molar-refractivity contribution is -0.118. The normalized spacial score (nSPS) is 10.1. The second-order valence-corrected chi connectivity index (χ2v) is 2.54. The van der Waals surface area contributed by atoms with Gasteiger partial charge in [0, 0.05) is 12.8 Å². The summed E-state index contributed by atoms with van der Waals surface area (Å²) in [5.41, 5.74) is 10.3. The van der Waals surface area contributed by atoms with Crippen LogP contribution < -0.4 is 11.5 Å². The van der Waals surface area contributed by atoms with E-state index in [0.29, 0.717) is 19.4 Å². The van der Waals surface area contributed by atoms with Gasteiger partial charge in [0.2, 0.25) is 5.91 Å². The van der Waals surface area contributed by atoms with Crippen LogP contribution in [0, 0.1) is 0 Å². The molecule has 4 heteroatoms. The molecule has 1 rings (SSSR count). The van der Waals surface area contributed by atoms with Crippen LogP contribution >= 0.6 is 0 Å². The quantitative estimate of drug-likeness (QED) is 0.671. The van der Waals surface area contributed by atoms with E-state index < -0.39 is 0 Å². The summed E-state index contributed by atoms with van der Waals surface area (Å²) in [7, 11) is 0. The molecule has 1 heterocycles. The highest BCUT2D eigenvalue weighted by atomic mass is 16.3. The summed E-state index contributed by atoms with van der Waals surface area (Å²) < 4.78 is 5.25. The van der Waals surface area contributed by atoms with Crippen molar-refractivity contribution >= 4 is 5.91 Å². The lowest BCUT2D eigenvalue weighted by Crippen LogP contribution is -2.10. The molecule has 0 spiro atoms. The highest BCUT2D eigenvalue weighted by Crippen LogP contribution is 2.08. The summed E-state index contributed by atoms with van der Waals surface area (Å²) in [6.07, 6.45) is 0.868. The Labute approximate surface area is 70.5 Å². The average molecular weight is 168 g/mol. The Morgan fingerprint density at radius 1 is 1.42 bits per heavy atom. The van der Waals surface area contributed by atoms with Crippen LogP contribution in [0.3, 0.4) is 0 Å². The molecule has 0 fully saturated rings. The van der Waals surface area contributed by atoms with Gasteiger partial charge < -0.3 is 15.9 Å². The maximum Gasteiger partial charge on any atom is 0.217 e. The van der Waals surface area contributed by atoms with Gasteiger partial charge in [-0.05, 0) is 12.1 Å². The predicted molar refractivity (Wildman–Crippen MR) is 44.1 cm³/mol. The number of carbonyl (C=O) groups is 1. The molecule has 4 N–H and O–H groups in total. The molecule has 1 aromatic heterocycles. The van der Waals surface area contributed by atoms with Crippen molar-refractivity contribution in [2.75, 3.05) is 0 Å². The summed E-state index contributed by atoms with van der Waals surface area (Å²) in [5.74, 6) is 1.17. The standard InChI is InChI=1S/C8H12N2O2/c9-5-7-2-1-6(12-7)3-4-8(10)11/h1-2H,3-5,9H2,(H2,10,11). The Hall–Kier alpha value is -1.29. The van der Waals surface area contributed by atoms with Gasteiger partial charge in [0.25, 0.3) is 0 Å². The Morgan fingerprint density at radius 2 is 2.08 bits per heavy atom. The van der Waals surface area contributed by atoms with Crippen LogP contribution in [0.25, 0.3) is 0 Å². The predicted octanol–water partition coefficient (Wildman–Crippen LogP) is 0.156. The first-order chi connectivity index (χ1) is 5.72. The molecular weight excluding hydrogens is 156 g/mol.